The molecule has 4 aliphatic rings. The third-order valence-electron chi connectivity index (χ3n) is 15.4. The second kappa shape index (κ2) is 12.6. The van der Waals surface area contributed by atoms with Gasteiger partial charge in [-0.1, -0.05) is 36.4 Å². The number of aryl methyl sites for hydroxylation is 1. The molecule has 0 spiro atoms. The molecule has 0 fully saturated rings. The molecule has 5 heterocycles. The molecular formula is C56H21N7O8S. The zero-order valence-corrected chi connectivity index (χ0v) is 37.4. The molecule has 4 N–H and O–H groups in total. The van der Waals surface area contributed by atoms with Crippen LogP contribution >= 0.6 is 11.7 Å². The molecule has 0 unspecified atom stereocenters. The molecule has 0 aliphatic carbocycles. The van der Waals surface area contributed by atoms with E-state index in [1.807, 2.05) is 31.2 Å². The van der Waals surface area contributed by atoms with Crippen LogP contribution < -0.4 is 21.3 Å². The number of imide groups is 4. The van der Waals surface area contributed by atoms with Crippen molar-refractivity contribution in [1.82, 2.24) is 30.0 Å². The van der Waals surface area contributed by atoms with Gasteiger partial charge >= 0.3 is 0 Å². The molecule has 0 bridgehead atoms. The quantitative estimate of drug-likeness (QED) is 0.0726. The number of nitrogens with zero attached hydrogens (tertiary/aromatic N) is 3. The minimum absolute atomic E-state index is 0.136. The van der Waals surface area contributed by atoms with Gasteiger partial charge in [0.1, 0.15) is 11.0 Å². The Balaban J connectivity index is 1.07. The molecule has 15 nitrogen and oxygen atoms in total. The Hall–Kier alpha value is -10.1. The number of aromatic nitrogens is 2. The van der Waals surface area contributed by atoms with E-state index in [1.165, 1.54) is 6.07 Å². The van der Waals surface area contributed by atoms with Crippen LogP contribution in [0.3, 0.4) is 0 Å². The lowest BCUT2D eigenvalue weighted by Crippen LogP contribution is -2.35. The van der Waals surface area contributed by atoms with Crippen molar-refractivity contribution in [3.05, 3.63) is 141 Å². The van der Waals surface area contributed by atoms with E-state index >= 15 is 0 Å². The Morgan fingerprint density at radius 3 is 1.18 bits per heavy atom. The van der Waals surface area contributed by atoms with E-state index in [1.54, 1.807) is 54.6 Å². The number of benzene rings is 11. The van der Waals surface area contributed by atoms with Gasteiger partial charge in [-0.05, 0) is 126 Å². The highest BCUT2D eigenvalue weighted by molar-refractivity contribution is 7.00. The Morgan fingerprint density at radius 2 is 0.694 bits per heavy atom. The fraction of sp³-hybridized carbons (Fsp3) is 0.0179. The van der Waals surface area contributed by atoms with E-state index in [4.69, 9.17) is 8.75 Å². The summed E-state index contributed by atoms with van der Waals surface area (Å²) >= 11 is 0.937. The molecule has 16 rings (SSSR count). The Bertz CT molecular complexity index is 4990. The first-order chi connectivity index (χ1) is 34.9. The average Bonchev–Trinajstić information content (AvgIpc) is 3.87. The molecule has 4 aliphatic heterocycles. The van der Waals surface area contributed by atoms with Crippen LogP contribution in [0.2, 0.25) is 0 Å². The second-order valence-corrected chi connectivity index (χ2v) is 19.2. The standard InChI is InChI=1S/C56H21N7O8S/c1-17-12-31-41-27(51(66)59-53(31)68)11-7-24-38-29(14-33-42-28(52(67)60-55(33)70)8-4-21(45(38)42)35(17)44(24)41)19-2-3-20(48-47(19)62-72-63-48)30-15-34-43-32(54(69)61-56(34)71)13-18(16-57)36-22-5-9-25-40-26(50(65)58-49(25)64)10-6-23(37(22)40)39(30)46(36)43/h2-15H,1H3,(H,58,64,65)(H,59,66,68)(H,60,67,70)(H,61,69,71). The van der Waals surface area contributed by atoms with Crippen LogP contribution in [0.25, 0.3) is 119 Å². The van der Waals surface area contributed by atoms with Crippen LogP contribution in [-0.2, 0) is 0 Å². The zero-order chi connectivity index (χ0) is 48.7. The molecule has 12 aromatic rings. The smallest absolute Gasteiger partial charge is 0.258 e. The van der Waals surface area contributed by atoms with Gasteiger partial charge in [-0.15, -0.1) is 0 Å². The minimum Gasteiger partial charge on any atom is -0.288 e. The molecule has 16 heteroatoms. The largest absolute Gasteiger partial charge is 0.288 e. The van der Waals surface area contributed by atoms with Crippen LogP contribution in [-0.4, -0.2) is 56.0 Å². The van der Waals surface area contributed by atoms with Crippen molar-refractivity contribution in [2.75, 3.05) is 0 Å². The van der Waals surface area contributed by atoms with Crippen molar-refractivity contribution in [2.24, 2.45) is 0 Å². The Morgan fingerprint density at radius 1 is 0.347 bits per heavy atom. The highest BCUT2D eigenvalue weighted by Crippen LogP contribution is 2.53. The molecule has 334 valence electrons. The molecule has 1 aromatic heterocycles. The number of amides is 8. The summed E-state index contributed by atoms with van der Waals surface area (Å²) in [5.41, 5.74) is 5.88. The van der Waals surface area contributed by atoms with Crippen LogP contribution in [0.15, 0.2) is 84.9 Å². The average molecular weight is 952 g/mol. The topological polar surface area (TPSA) is 234 Å². The lowest BCUT2D eigenvalue weighted by Gasteiger charge is -2.26. The molecule has 72 heavy (non-hydrogen) atoms. The van der Waals surface area contributed by atoms with Gasteiger partial charge in [0.05, 0.1) is 23.4 Å². The Kier molecular flexibility index (Phi) is 6.77. The highest BCUT2D eigenvalue weighted by atomic mass is 32.1. The third-order valence-corrected chi connectivity index (χ3v) is 15.9. The highest BCUT2D eigenvalue weighted by Gasteiger charge is 2.37. The van der Waals surface area contributed by atoms with Crippen LogP contribution in [0.4, 0.5) is 0 Å². The van der Waals surface area contributed by atoms with Crippen LogP contribution in [0, 0.1) is 18.3 Å². The maximum absolute atomic E-state index is 14.1. The van der Waals surface area contributed by atoms with Gasteiger partial charge in [0.25, 0.3) is 47.3 Å². The maximum Gasteiger partial charge on any atom is 0.258 e. The minimum atomic E-state index is -0.664. The summed E-state index contributed by atoms with van der Waals surface area (Å²) in [4.78, 5) is 109. The maximum atomic E-state index is 14.1. The number of hydrogen-bond acceptors (Lipinski definition) is 12. The van der Waals surface area contributed by atoms with Crippen molar-refractivity contribution in [3.8, 4) is 28.3 Å². The fourth-order valence-corrected chi connectivity index (χ4v) is 13.2. The van der Waals surface area contributed by atoms with E-state index in [-0.39, 0.29) is 33.4 Å². The van der Waals surface area contributed by atoms with E-state index < -0.39 is 47.3 Å². The lowest BCUT2D eigenvalue weighted by atomic mass is 9.78. The van der Waals surface area contributed by atoms with Crippen molar-refractivity contribution in [3.63, 3.8) is 0 Å². The van der Waals surface area contributed by atoms with Crippen molar-refractivity contribution in [1.29, 1.82) is 5.26 Å². The summed E-state index contributed by atoms with van der Waals surface area (Å²) in [6.45, 7) is 1.89. The predicted octanol–water partition coefficient (Wildman–Crippen LogP) is 8.84. The number of fused-ring (bicyclic) bond motifs is 5. The molecule has 8 amide bonds. The first-order valence-electron chi connectivity index (χ1n) is 22.5. The number of nitriles is 1. The van der Waals surface area contributed by atoms with Gasteiger partial charge in [0.15, 0.2) is 0 Å². The number of carbonyl (C=O) groups excluding carboxylic acids is 8. The summed E-state index contributed by atoms with van der Waals surface area (Å²) in [5.74, 6) is -4.66. The number of carbonyl (C=O) groups is 8. The van der Waals surface area contributed by atoms with Gasteiger partial charge in [-0.2, -0.15) is 14.0 Å². The predicted molar refractivity (Wildman–Crippen MR) is 267 cm³/mol. The second-order valence-electron chi connectivity index (χ2n) is 18.7. The van der Waals surface area contributed by atoms with Crippen LogP contribution in [0.1, 0.15) is 94.0 Å². The van der Waals surface area contributed by atoms with Gasteiger partial charge in [-0.3, -0.25) is 59.6 Å². The molecule has 0 saturated carbocycles. The summed E-state index contributed by atoms with van der Waals surface area (Å²) in [6.07, 6.45) is 0. The van der Waals surface area contributed by atoms with Gasteiger partial charge in [-0.25, -0.2) is 0 Å². The van der Waals surface area contributed by atoms with Crippen LogP contribution in [0.5, 0.6) is 0 Å². The molecule has 0 saturated heterocycles. The van der Waals surface area contributed by atoms with E-state index in [2.05, 4.69) is 27.3 Å². The Labute approximate surface area is 404 Å². The van der Waals surface area contributed by atoms with E-state index in [0.29, 0.717) is 131 Å². The number of rotatable bonds is 2. The van der Waals surface area contributed by atoms with Crippen molar-refractivity contribution in [2.45, 2.75) is 6.92 Å². The number of nitrogens with one attached hydrogen (secondary N) is 4. The van der Waals surface area contributed by atoms with Crippen molar-refractivity contribution < 1.29 is 38.4 Å². The summed E-state index contributed by atoms with van der Waals surface area (Å²) in [7, 11) is 0. The first-order valence-corrected chi connectivity index (χ1v) is 23.3. The van der Waals surface area contributed by atoms with E-state index in [0.717, 1.165) is 22.7 Å². The van der Waals surface area contributed by atoms with Gasteiger partial charge in [0.2, 0.25) is 0 Å². The molecule has 11 aromatic carbocycles. The van der Waals surface area contributed by atoms with Crippen molar-refractivity contribution >= 4 is 156 Å². The lowest BCUT2D eigenvalue weighted by molar-refractivity contribution is 0.0828. The summed E-state index contributed by atoms with van der Waals surface area (Å²) < 4.78 is 9.80. The first kappa shape index (κ1) is 38.8. The third kappa shape index (κ3) is 4.33. The monoisotopic (exact) mass is 951 g/mol. The fourth-order valence-electron chi connectivity index (χ4n) is 12.7. The zero-order valence-electron chi connectivity index (χ0n) is 36.6. The van der Waals surface area contributed by atoms with Gasteiger partial charge < -0.3 is 0 Å². The summed E-state index contributed by atoms with van der Waals surface area (Å²) in [5, 5.41) is 29.6. The van der Waals surface area contributed by atoms with Gasteiger partial charge in [0, 0.05) is 88.0 Å². The molecule has 0 radical (unpaired) electrons. The van der Waals surface area contributed by atoms with E-state index in [9.17, 15) is 43.6 Å². The molecular weight excluding hydrogens is 931 g/mol. The number of hydrogen-bond donors (Lipinski definition) is 4. The normalized spacial score (nSPS) is 15.1. The SMILES string of the molecule is Cc1cc2c3c(ccc4c5c(-c6ccc(-c7cc8c9c(cc(C#N)c%10c%11ccc%12c%13c(ccc(c7c9%10)c%13%11)C(=O)NC%12=O)C(=O)NC8=O)c7nsnc67)cc6c7c(ccc(c1c34)c75)C(=O)NC6=O)C(=O)NC2=O. The molecule has 0 atom stereocenters. The summed E-state index contributed by atoms with van der Waals surface area (Å²) in [6, 6.07) is 26.4.